The molecular weight excluding hydrogens is 392 g/mol. The van der Waals surface area contributed by atoms with Crippen molar-refractivity contribution in [1.82, 2.24) is 5.32 Å². The molecule has 2 aromatic rings. The third-order valence-corrected chi connectivity index (χ3v) is 5.12. The second kappa shape index (κ2) is 8.73. The summed E-state index contributed by atoms with van der Waals surface area (Å²) in [7, 11) is -3.42. The quantitative estimate of drug-likeness (QED) is 0.750. The third-order valence-electron chi connectivity index (χ3n) is 4.51. The summed E-state index contributed by atoms with van der Waals surface area (Å²) >= 11 is 0. The Kier molecular flexibility index (Phi) is 6.32. The van der Waals surface area contributed by atoms with Gasteiger partial charge in [-0.1, -0.05) is 26.0 Å². The first-order chi connectivity index (χ1) is 13.7. The molecular formula is C21H26N2O5S. The first-order valence-corrected chi connectivity index (χ1v) is 11.4. The number of amides is 1. The fourth-order valence-corrected chi connectivity index (χ4v) is 3.73. The number of ether oxygens (including phenoxy) is 2. The SMILES string of the molecule is CC(C)[C@H](NC(=O)c1cccc(NS(C)(=O)=O)c1)c1ccc2c(c1)OCCCO2. The van der Waals surface area contributed by atoms with Crippen molar-refractivity contribution in [3.8, 4) is 11.5 Å². The Morgan fingerprint density at radius 1 is 1.03 bits per heavy atom. The molecule has 8 heteroatoms. The minimum absolute atomic E-state index is 0.126. The molecule has 7 nitrogen and oxygen atoms in total. The van der Waals surface area contributed by atoms with E-state index >= 15 is 0 Å². The number of rotatable bonds is 6. The molecule has 0 radical (unpaired) electrons. The zero-order chi connectivity index (χ0) is 21.0. The molecule has 2 aromatic carbocycles. The van der Waals surface area contributed by atoms with Crippen LogP contribution in [0.3, 0.4) is 0 Å². The van der Waals surface area contributed by atoms with Gasteiger partial charge in [-0.05, 0) is 41.8 Å². The first kappa shape index (κ1) is 21.0. The van der Waals surface area contributed by atoms with Crippen molar-refractivity contribution in [2.24, 2.45) is 5.92 Å². The van der Waals surface area contributed by atoms with E-state index in [-0.39, 0.29) is 17.9 Å². The summed E-state index contributed by atoms with van der Waals surface area (Å²) in [6.07, 6.45) is 1.89. The molecule has 29 heavy (non-hydrogen) atoms. The van der Waals surface area contributed by atoms with Crippen LogP contribution in [0.1, 0.15) is 42.2 Å². The number of nitrogens with one attached hydrogen (secondary N) is 2. The van der Waals surface area contributed by atoms with Gasteiger partial charge in [-0.25, -0.2) is 8.42 Å². The summed E-state index contributed by atoms with van der Waals surface area (Å²) in [6.45, 7) is 5.26. The maximum absolute atomic E-state index is 12.9. The van der Waals surface area contributed by atoms with Gasteiger partial charge in [0.2, 0.25) is 10.0 Å². The lowest BCUT2D eigenvalue weighted by Crippen LogP contribution is -2.31. The van der Waals surface area contributed by atoms with Crippen molar-refractivity contribution in [3.05, 3.63) is 53.6 Å². The standard InChI is InChI=1S/C21H26N2O5S/c1-14(2)20(15-8-9-18-19(13-15)28-11-5-10-27-18)22-21(24)16-6-4-7-17(12-16)23-29(3,25)26/h4,6-9,12-14,20,23H,5,10-11H2,1-3H3,(H,22,24)/t20-/m0/s1. The lowest BCUT2D eigenvalue weighted by atomic mass is 9.95. The second-order valence-electron chi connectivity index (χ2n) is 7.41. The van der Waals surface area contributed by atoms with E-state index in [0.717, 1.165) is 18.2 Å². The highest BCUT2D eigenvalue weighted by Crippen LogP contribution is 2.34. The fourth-order valence-electron chi connectivity index (χ4n) is 3.17. The lowest BCUT2D eigenvalue weighted by Gasteiger charge is -2.24. The van der Waals surface area contributed by atoms with Crippen LogP contribution in [0.5, 0.6) is 11.5 Å². The number of benzene rings is 2. The molecule has 1 aliphatic heterocycles. The van der Waals surface area contributed by atoms with E-state index in [1.807, 2.05) is 32.0 Å². The van der Waals surface area contributed by atoms with Crippen molar-refractivity contribution in [3.63, 3.8) is 0 Å². The Balaban J connectivity index is 1.82. The van der Waals surface area contributed by atoms with E-state index in [2.05, 4.69) is 10.0 Å². The Labute approximate surface area is 171 Å². The molecule has 0 bridgehead atoms. The molecule has 0 unspecified atom stereocenters. The molecule has 1 heterocycles. The Morgan fingerprint density at radius 2 is 1.76 bits per heavy atom. The molecule has 0 aromatic heterocycles. The van der Waals surface area contributed by atoms with Crippen LogP contribution < -0.4 is 19.5 Å². The predicted molar refractivity (Wildman–Crippen MR) is 112 cm³/mol. The van der Waals surface area contributed by atoms with Crippen molar-refractivity contribution < 1.29 is 22.7 Å². The van der Waals surface area contributed by atoms with E-state index < -0.39 is 10.0 Å². The molecule has 0 aliphatic carbocycles. The van der Waals surface area contributed by atoms with Crippen molar-refractivity contribution in [2.75, 3.05) is 24.2 Å². The zero-order valence-corrected chi connectivity index (χ0v) is 17.6. The molecule has 0 saturated heterocycles. The van der Waals surface area contributed by atoms with Crippen LogP contribution in [-0.4, -0.2) is 33.8 Å². The molecule has 0 fully saturated rings. The number of hydrogen-bond acceptors (Lipinski definition) is 5. The smallest absolute Gasteiger partial charge is 0.251 e. The number of hydrogen-bond donors (Lipinski definition) is 2. The molecule has 1 aliphatic rings. The molecule has 2 N–H and O–H groups in total. The number of carbonyl (C=O) groups is 1. The van der Waals surface area contributed by atoms with Crippen molar-refractivity contribution >= 4 is 21.6 Å². The summed E-state index contributed by atoms with van der Waals surface area (Å²) < 4.78 is 36.7. The van der Waals surface area contributed by atoms with Gasteiger partial charge in [0, 0.05) is 17.7 Å². The highest BCUT2D eigenvalue weighted by atomic mass is 32.2. The van der Waals surface area contributed by atoms with Gasteiger partial charge in [0.25, 0.3) is 5.91 Å². The molecule has 1 atom stereocenters. The van der Waals surface area contributed by atoms with Gasteiger partial charge in [-0.2, -0.15) is 0 Å². The normalized spacial score (nSPS) is 14.8. The zero-order valence-electron chi connectivity index (χ0n) is 16.8. The summed E-state index contributed by atoms with van der Waals surface area (Å²) in [6, 6.07) is 11.9. The van der Waals surface area contributed by atoms with Gasteiger partial charge in [0.1, 0.15) is 0 Å². The van der Waals surface area contributed by atoms with Gasteiger partial charge < -0.3 is 14.8 Å². The highest BCUT2D eigenvalue weighted by molar-refractivity contribution is 7.92. The van der Waals surface area contributed by atoms with E-state index in [9.17, 15) is 13.2 Å². The minimum atomic E-state index is -3.42. The average Bonchev–Trinajstić information content (AvgIpc) is 2.89. The van der Waals surface area contributed by atoms with Gasteiger partial charge >= 0.3 is 0 Å². The third kappa shape index (κ3) is 5.63. The Bertz CT molecular complexity index is 988. The molecule has 1 amide bonds. The topological polar surface area (TPSA) is 93.7 Å². The van der Waals surface area contributed by atoms with Crippen LogP contribution in [0, 0.1) is 5.92 Å². The molecule has 0 spiro atoms. The lowest BCUT2D eigenvalue weighted by molar-refractivity contribution is 0.0925. The van der Waals surface area contributed by atoms with Crippen LogP contribution in [-0.2, 0) is 10.0 Å². The largest absolute Gasteiger partial charge is 0.490 e. The molecule has 3 rings (SSSR count). The molecule has 0 saturated carbocycles. The van der Waals surface area contributed by atoms with Gasteiger partial charge in [-0.15, -0.1) is 0 Å². The van der Waals surface area contributed by atoms with E-state index in [1.165, 1.54) is 6.07 Å². The number of anilines is 1. The molecule has 156 valence electrons. The maximum Gasteiger partial charge on any atom is 0.251 e. The van der Waals surface area contributed by atoms with Crippen LogP contribution in [0.25, 0.3) is 0 Å². The number of fused-ring (bicyclic) bond motifs is 1. The van der Waals surface area contributed by atoms with E-state index in [0.29, 0.717) is 36.0 Å². The summed E-state index contributed by atoms with van der Waals surface area (Å²) in [5.41, 5.74) is 1.64. The van der Waals surface area contributed by atoms with E-state index in [4.69, 9.17) is 9.47 Å². The number of carbonyl (C=O) groups excluding carboxylic acids is 1. The average molecular weight is 419 g/mol. The second-order valence-corrected chi connectivity index (χ2v) is 9.16. The van der Waals surface area contributed by atoms with Crippen molar-refractivity contribution in [2.45, 2.75) is 26.3 Å². The summed E-state index contributed by atoms with van der Waals surface area (Å²) in [4.78, 5) is 12.9. The highest BCUT2D eigenvalue weighted by Gasteiger charge is 2.22. The van der Waals surface area contributed by atoms with Crippen LogP contribution in [0.15, 0.2) is 42.5 Å². The predicted octanol–water partition coefficient (Wildman–Crippen LogP) is 3.35. The number of sulfonamides is 1. The van der Waals surface area contributed by atoms with Gasteiger partial charge in [0.05, 0.1) is 25.5 Å². The van der Waals surface area contributed by atoms with Crippen LogP contribution in [0.4, 0.5) is 5.69 Å². The van der Waals surface area contributed by atoms with Crippen LogP contribution in [0.2, 0.25) is 0 Å². The summed E-state index contributed by atoms with van der Waals surface area (Å²) in [5, 5.41) is 3.05. The fraction of sp³-hybridized carbons (Fsp3) is 0.381. The van der Waals surface area contributed by atoms with Crippen molar-refractivity contribution in [1.29, 1.82) is 0 Å². The Hall–Kier alpha value is -2.74. The first-order valence-electron chi connectivity index (χ1n) is 9.51. The van der Waals surface area contributed by atoms with Gasteiger partial charge in [0.15, 0.2) is 11.5 Å². The van der Waals surface area contributed by atoms with Gasteiger partial charge in [-0.3, -0.25) is 9.52 Å². The Morgan fingerprint density at radius 3 is 2.45 bits per heavy atom. The minimum Gasteiger partial charge on any atom is -0.490 e. The summed E-state index contributed by atoms with van der Waals surface area (Å²) in [5.74, 6) is 1.23. The van der Waals surface area contributed by atoms with E-state index in [1.54, 1.807) is 18.2 Å². The monoisotopic (exact) mass is 418 g/mol. The van der Waals surface area contributed by atoms with Crippen LogP contribution >= 0.6 is 0 Å². The maximum atomic E-state index is 12.9.